The second kappa shape index (κ2) is 7.09. The van der Waals surface area contributed by atoms with E-state index < -0.39 is 5.54 Å². The van der Waals surface area contributed by atoms with Crippen LogP contribution >= 0.6 is 0 Å². The van der Waals surface area contributed by atoms with Gasteiger partial charge >= 0.3 is 0 Å². The van der Waals surface area contributed by atoms with Crippen LogP contribution in [-0.4, -0.2) is 17.2 Å². The summed E-state index contributed by atoms with van der Waals surface area (Å²) in [6.45, 7) is 5.56. The summed E-state index contributed by atoms with van der Waals surface area (Å²) < 4.78 is 0. The van der Waals surface area contributed by atoms with Gasteiger partial charge in [-0.2, -0.15) is 0 Å². The van der Waals surface area contributed by atoms with Crippen molar-refractivity contribution in [2.75, 3.05) is 10.6 Å². The fraction of sp³-hybridized carbons (Fsp3) is 0.263. The lowest BCUT2D eigenvalue weighted by molar-refractivity contribution is -0.122. The van der Waals surface area contributed by atoms with E-state index in [2.05, 4.69) is 10.6 Å². The molecule has 2 rings (SSSR count). The van der Waals surface area contributed by atoms with Gasteiger partial charge in [-0.1, -0.05) is 31.2 Å². The van der Waals surface area contributed by atoms with Gasteiger partial charge in [0.05, 0.1) is 5.54 Å². The summed E-state index contributed by atoms with van der Waals surface area (Å²) in [6, 6.07) is 16.4. The first-order valence-electron chi connectivity index (χ1n) is 7.70. The van der Waals surface area contributed by atoms with Gasteiger partial charge in [0.25, 0.3) is 5.91 Å². The summed E-state index contributed by atoms with van der Waals surface area (Å²) in [4.78, 5) is 24.1. The second-order valence-electron chi connectivity index (χ2n) is 5.93. The molecule has 0 bridgehead atoms. The van der Waals surface area contributed by atoms with Crippen LogP contribution < -0.4 is 10.6 Å². The topological polar surface area (TPSA) is 58.2 Å². The number of amides is 1. The average Bonchev–Trinajstić information content (AvgIpc) is 2.54. The summed E-state index contributed by atoms with van der Waals surface area (Å²) in [5, 5.41) is 6.09. The van der Waals surface area contributed by atoms with Crippen molar-refractivity contribution in [2.24, 2.45) is 0 Å². The van der Waals surface area contributed by atoms with Gasteiger partial charge in [0, 0.05) is 23.4 Å². The van der Waals surface area contributed by atoms with Crippen molar-refractivity contribution in [3.63, 3.8) is 0 Å². The molecule has 0 aliphatic carbocycles. The van der Waals surface area contributed by atoms with E-state index in [4.69, 9.17) is 0 Å². The molecule has 0 radical (unpaired) electrons. The summed E-state index contributed by atoms with van der Waals surface area (Å²) in [5.74, 6) is -0.0251. The largest absolute Gasteiger partial charge is 0.373 e. The Bertz CT molecular complexity index is 694. The molecule has 2 aromatic rings. The molecule has 0 heterocycles. The third-order valence-corrected chi connectivity index (χ3v) is 3.63. The van der Waals surface area contributed by atoms with Crippen LogP contribution in [0.25, 0.3) is 0 Å². The van der Waals surface area contributed by atoms with E-state index in [9.17, 15) is 9.59 Å². The molecule has 23 heavy (non-hydrogen) atoms. The maximum atomic E-state index is 12.2. The molecule has 0 atom stereocenters. The van der Waals surface area contributed by atoms with E-state index in [1.165, 1.54) is 0 Å². The maximum absolute atomic E-state index is 12.2. The third-order valence-electron chi connectivity index (χ3n) is 3.63. The van der Waals surface area contributed by atoms with Crippen LogP contribution in [0.3, 0.4) is 0 Å². The van der Waals surface area contributed by atoms with Crippen LogP contribution in [-0.2, 0) is 4.79 Å². The van der Waals surface area contributed by atoms with Gasteiger partial charge in [-0.3, -0.25) is 9.59 Å². The van der Waals surface area contributed by atoms with Gasteiger partial charge in [-0.05, 0) is 44.2 Å². The zero-order valence-corrected chi connectivity index (χ0v) is 13.7. The van der Waals surface area contributed by atoms with Crippen molar-refractivity contribution < 1.29 is 9.59 Å². The number of carbonyl (C=O) groups excluding carboxylic acids is 2. The minimum Gasteiger partial charge on any atom is -0.373 e. The molecule has 0 spiro atoms. The standard InChI is InChI=1S/C19H22N2O2/c1-4-17(22)19(2,3)21-16-12-8-11-15(13-16)20-18(23)14-9-6-5-7-10-14/h5-13,21H,4H2,1-3H3,(H,20,23). The van der Waals surface area contributed by atoms with Crippen molar-refractivity contribution >= 4 is 23.1 Å². The average molecular weight is 310 g/mol. The lowest BCUT2D eigenvalue weighted by Crippen LogP contribution is -2.39. The lowest BCUT2D eigenvalue weighted by atomic mass is 9.97. The fourth-order valence-electron chi connectivity index (χ4n) is 2.34. The molecule has 4 nitrogen and oxygen atoms in total. The quantitative estimate of drug-likeness (QED) is 0.844. The number of hydrogen-bond donors (Lipinski definition) is 2. The minimum absolute atomic E-state index is 0.135. The molecule has 0 aliphatic rings. The molecule has 2 aromatic carbocycles. The Morgan fingerprint density at radius 3 is 2.26 bits per heavy atom. The number of nitrogens with one attached hydrogen (secondary N) is 2. The molecule has 4 heteroatoms. The van der Waals surface area contributed by atoms with Crippen molar-refractivity contribution in [1.82, 2.24) is 0 Å². The highest BCUT2D eigenvalue weighted by Crippen LogP contribution is 2.21. The molecule has 0 aromatic heterocycles. The number of rotatable bonds is 6. The van der Waals surface area contributed by atoms with Crippen molar-refractivity contribution in [3.8, 4) is 0 Å². The molecule has 0 fully saturated rings. The van der Waals surface area contributed by atoms with Crippen LogP contribution in [0.15, 0.2) is 54.6 Å². The molecule has 1 amide bonds. The second-order valence-corrected chi connectivity index (χ2v) is 5.93. The Labute approximate surface area is 136 Å². The molecule has 0 aliphatic heterocycles. The molecular formula is C19H22N2O2. The Hall–Kier alpha value is -2.62. The molecular weight excluding hydrogens is 288 g/mol. The Kier molecular flexibility index (Phi) is 5.16. The highest BCUT2D eigenvalue weighted by Gasteiger charge is 2.25. The number of ketones is 1. The Morgan fingerprint density at radius 1 is 0.957 bits per heavy atom. The zero-order chi connectivity index (χ0) is 16.9. The van der Waals surface area contributed by atoms with Gasteiger partial charge in [-0.15, -0.1) is 0 Å². The number of benzene rings is 2. The van der Waals surface area contributed by atoms with Crippen LogP contribution in [0, 0.1) is 0 Å². The SMILES string of the molecule is CCC(=O)C(C)(C)Nc1cccc(NC(=O)c2ccccc2)c1. The van der Waals surface area contributed by atoms with Gasteiger partial charge in [0.2, 0.25) is 0 Å². The third kappa shape index (κ3) is 4.42. The predicted molar refractivity (Wildman–Crippen MR) is 93.8 cm³/mol. The summed E-state index contributed by atoms with van der Waals surface area (Å²) in [7, 11) is 0. The van der Waals surface area contributed by atoms with Gasteiger partial charge in [0.1, 0.15) is 0 Å². The van der Waals surface area contributed by atoms with E-state index in [-0.39, 0.29) is 11.7 Å². The lowest BCUT2D eigenvalue weighted by Gasteiger charge is -2.25. The van der Waals surface area contributed by atoms with Gasteiger partial charge in [0.15, 0.2) is 5.78 Å². The van der Waals surface area contributed by atoms with E-state index in [0.717, 1.165) is 5.69 Å². The number of Topliss-reactive ketones (excluding diaryl/α,β-unsaturated/α-hetero) is 1. The van der Waals surface area contributed by atoms with Crippen molar-refractivity contribution in [3.05, 3.63) is 60.2 Å². The monoisotopic (exact) mass is 310 g/mol. The van der Waals surface area contributed by atoms with Crippen LogP contribution in [0.5, 0.6) is 0 Å². The number of anilines is 2. The van der Waals surface area contributed by atoms with Gasteiger partial charge in [-0.25, -0.2) is 0 Å². The Balaban J connectivity index is 2.11. The van der Waals surface area contributed by atoms with Crippen LogP contribution in [0.2, 0.25) is 0 Å². The first-order valence-corrected chi connectivity index (χ1v) is 7.70. The summed E-state index contributed by atoms with van der Waals surface area (Å²) in [5.41, 5.74) is 1.44. The fourth-order valence-corrected chi connectivity index (χ4v) is 2.34. The highest BCUT2D eigenvalue weighted by molar-refractivity contribution is 6.04. The highest BCUT2D eigenvalue weighted by atomic mass is 16.1. The molecule has 120 valence electrons. The molecule has 0 saturated heterocycles. The number of hydrogen-bond acceptors (Lipinski definition) is 3. The first kappa shape index (κ1) is 16.7. The maximum Gasteiger partial charge on any atom is 0.255 e. The Morgan fingerprint density at radius 2 is 1.61 bits per heavy atom. The van der Waals surface area contributed by atoms with Crippen LogP contribution in [0.1, 0.15) is 37.6 Å². The first-order chi connectivity index (χ1) is 10.9. The zero-order valence-electron chi connectivity index (χ0n) is 13.7. The normalized spacial score (nSPS) is 10.9. The summed E-state index contributed by atoms with van der Waals surface area (Å²) in [6.07, 6.45) is 0.477. The summed E-state index contributed by atoms with van der Waals surface area (Å²) >= 11 is 0. The molecule has 0 unspecified atom stereocenters. The van der Waals surface area contributed by atoms with Crippen LogP contribution in [0.4, 0.5) is 11.4 Å². The van der Waals surface area contributed by atoms with Crippen molar-refractivity contribution in [1.29, 1.82) is 0 Å². The van der Waals surface area contributed by atoms with E-state index in [0.29, 0.717) is 17.7 Å². The van der Waals surface area contributed by atoms with E-state index >= 15 is 0 Å². The smallest absolute Gasteiger partial charge is 0.255 e. The van der Waals surface area contributed by atoms with Gasteiger partial charge < -0.3 is 10.6 Å². The van der Waals surface area contributed by atoms with Crippen molar-refractivity contribution in [2.45, 2.75) is 32.7 Å². The van der Waals surface area contributed by atoms with E-state index in [1.807, 2.05) is 63.2 Å². The number of carbonyl (C=O) groups is 2. The predicted octanol–water partition coefficient (Wildman–Crippen LogP) is 4.11. The molecule has 0 saturated carbocycles. The molecule has 2 N–H and O–H groups in total. The minimum atomic E-state index is -0.642. The van der Waals surface area contributed by atoms with E-state index in [1.54, 1.807) is 12.1 Å².